The van der Waals surface area contributed by atoms with E-state index in [4.69, 9.17) is 0 Å². The predicted molar refractivity (Wildman–Crippen MR) is 103 cm³/mol. The highest BCUT2D eigenvalue weighted by Gasteiger charge is 2.35. The van der Waals surface area contributed by atoms with Gasteiger partial charge in [-0.2, -0.15) is 0 Å². The molecule has 7 heteroatoms. The van der Waals surface area contributed by atoms with Gasteiger partial charge >= 0.3 is 0 Å². The van der Waals surface area contributed by atoms with Crippen LogP contribution in [-0.2, 0) is 20.8 Å². The van der Waals surface area contributed by atoms with Crippen molar-refractivity contribution in [1.29, 1.82) is 0 Å². The fraction of sp³-hybridized carbons (Fsp3) is 0.571. The molecular weight excluding hydrogens is 361 g/mol. The molecule has 2 aliphatic rings. The number of benzene rings is 1. The van der Waals surface area contributed by atoms with Crippen molar-refractivity contribution in [1.82, 2.24) is 15.1 Å². The highest BCUT2D eigenvalue weighted by molar-refractivity contribution is 5.82. The Morgan fingerprint density at radius 3 is 2.68 bits per heavy atom. The van der Waals surface area contributed by atoms with Crippen LogP contribution in [0.25, 0.3) is 0 Å². The molecule has 0 aromatic heterocycles. The van der Waals surface area contributed by atoms with Crippen LogP contribution in [0.3, 0.4) is 0 Å². The predicted octanol–water partition coefficient (Wildman–Crippen LogP) is 1.87. The van der Waals surface area contributed by atoms with Crippen molar-refractivity contribution in [3.8, 4) is 0 Å². The molecule has 2 aliphatic heterocycles. The van der Waals surface area contributed by atoms with E-state index in [0.717, 1.165) is 0 Å². The molecule has 2 fully saturated rings. The Morgan fingerprint density at radius 1 is 1.25 bits per heavy atom. The van der Waals surface area contributed by atoms with Crippen molar-refractivity contribution in [2.75, 3.05) is 13.6 Å². The summed E-state index contributed by atoms with van der Waals surface area (Å²) in [7, 11) is 1.74. The fourth-order valence-electron chi connectivity index (χ4n) is 4.15. The maximum Gasteiger partial charge on any atom is 0.223 e. The Balaban J connectivity index is 1.47. The second-order valence-corrected chi connectivity index (χ2v) is 7.78. The molecule has 1 aromatic carbocycles. The number of carbonyl (C=O) groups excluding carboxylic acids is 3. The van der Waals surface area contributed by atoms with Gasteiger partial charge in [0.05, 0.1) is 6.04 Å². The number of amides is 3. The molecule has 3 amide bonds. The minimum Gasteiger partial charge on any atom is -0.351 e. The summed E-state index contributed by atoms with van der Waals surface area (Å²) in [6, 6.07) is 6.27. The standard InChI is InChI=1S/C21H28FN3O3/c1-14-18(23-19(26)13-16-8-10-20(27)24(16)2)11-12-25(14)21(28)9-7-15-5-3-4-6-17(15)22/h3-6,14,16,18H,7-13H2,1-2H3,(H,23,26)/t14-,16?,18+/m1/s1. The summed E-state index contributed by atoms with van der Waals surface area (Å²) in [6.45, 7) is 2.52. The Kier molecular flexibility index (Phi) is 6.31. The van der Waals surface area contributed by atoms with E-state index in [-0.39, 0.29) is 48.1 Å². The summed E-state index contributed by atoms with van der Waals surface area (Å²) >= 11 is 0. The van der Waals surface area contributed by atoms with Crippen LogP contribution in [0.15, 0.2) is 24.3 Å². The minimum atomic E-state index is -0.287. The molecule has 0 aliphatic carbocycles. The smallest absolute Gasteiger partial charge is 0.223 e. The zero-order valence-electron chi connectivity index (χ0n) is 16.5. The number of rotatable bonds is 6. The summed E-state index contributed by atoms with van der Waals surface area (Å²) in [5.74, 6) is -0.304. The van der Waals surface area contributed by atoms with Crippen LogP contribution < -0.4 is 5.32 Å². The van der Waals surface area contributed by atoms with Crippen LogP contribution in [0, 0.1) is 5.82 Å². The zero-order valence-corrected chi connectivity index (χ0v) is 16.5. The van der Waals surface area contributed by atoms with E-state index >= 15 is 0 Å². The monoisotopic (exact) mass is 389 g/mol. The van der Waals surface area contributed by atoms with Crippen molar-refractivity contribution < 1.29 is 18.8 Å². The Labute approximate surface area is 165 Å². The lowest BCUT2D eigenvalue weighted by Crippen LogP contribution is -2.46. The van der Waals surface area contributed by atoms with Gasteiger partial charge in [0.2, 0.25) is 17.7 Å². The molecule has 0 radical (unpaired) electrons. The molecule has 1 aromatic rings. The van der Waals surface area contributed by atoms with Crippen molar-refractivity contribution in [3.63, 3.8) is 0 Å². The third-order valence-corrected chi connectivity index (χ3v) is 6.04. The van der Waals surface area contributed by atoms with Crippen LogP contribution in [-0.4, -0.2) is 59.2 Å². The SMILES string of the molecule is C[C@@H]1[C@@H](NC(=O)CC2CCC(=O)N2C)CCN1C(=O)CCc1ccccc1F. The van der Waals surface area contributed by atoms with Gasteiger partial charge in [-0.15, -0.1) is 0 Å². The summed E-state index contributed by atoms with van der Waals surface area (Å²) in [4.78, 5) is 40.0. The summed E-state index contributed by atoms with van der Waals surface area (Å²) in [5, 5.41) is 3.03. The van der Waals surface area contributed by atoms with E-state index in [1.165, 1.54) is 6.07 Å². The summed E-state index contributed by atoms with van der Waals surface area (Å²) in [5.41, 5.74) is 0.544. The third-order valence-electron chi connectivity index (χ3n) is 6.04. The largest absolute Gasteiger partial charge is 0.351 e. The van der Waals surface area contributed by atoms with Crippen LogP contribution in [0.2, 0.25) is 0 Å². The Hall–Kier alpha value is -2.44. The van der Waals surface area contributed by atoms with Gasteiger partial charge in [-0.1, -0.05) is 18.2 Å². The first-order valence-electron chi connectivity index (χ1n) is 9.94. The normalized spacial score (nSPS) is 24.7. The van der Waals surface area contributed by atoms with Crippen LogP contribution in [0.5, 0.6) is 0 Å². The Bertz CT molecular complexity index is 754. The minimum absolute atomic E-state index is 0.0198. The van der Waals surface area contributed by atoms with Gasteiger partial charge in [0.1, 0.15) is 5.82 Å². The quantitative estimate of drug-likeness (QED) is 0.808. The van der Waals surface area contributed by atoms with E-state index < -0.39 is 0 Å². The lowest BCUT2D eigenvalue weighted by molar-refractivity contribution is -0.133. The number of likely N-dealkylation sites (tertiary alicyclic amines) is 2. The van der Waals surface area contributed by atoms with Gasteiger partial charge in [0.15, 0.2) is 0 Å². The lowest BCUT2D eigenvalue weighted by Gasteiger charge is -2.26. The van der Waals surface area contributed by atoms with Gasteiger partial charge < -0.3 is 15.1 Å². The number of aryl methyl sites for hydroxylation is 1. The highest BCUT2D eigenvalue weighted by atomic mass is 19.1. The van der Waals surface area contributed by atoms with E-state index in [2.05, 4.69) is 5.32 Å². The van der Waals surface area contributed by atoms with E-state index in [1.807, 2.05) is 6.92 Å². The molecule has 0 saturated carbocycles. The number of carbonyl (C=O) groups is 3. The van der Waals surface area contributed by atoms with Gasteiger partial charge in [-0.25, -0.2) is 4.39 Å². The zero-order chi connectivity index (χ0) is 20.3. The maximum atomic E-state index is 13.7. The van der Waals surface area contributed by atoms with Gasteiger partial charge in [0.25, 0.3) is 0 Å². The van der Waals surface area contributed by atoms with Gasteiger partial charge in [0, 0.05) is 44.9 Å². The number of hydrogen-bond acceptors (Lipinski definition) is 3. The summed E-state index contributed by atoms with van der Waals surface area (Å²) < 4.78 is 13.7. The van der Waals surface area contributed by atoms with Crippen LogP contribution in [0.4, 0.5) is 4.39 Å². The molecule has 152 valence electrons. The molecule has 28 heavy (non-hydrogen) atoms. The molecule has 3 rings (SSSR count). The first-order valence-corrected chi connectivity index (χ1v) is 9.94. The average Bonchev–Trinajstić information content (AvgIpc) is 3.18. The molecular formula is C21H28FN3O3. The van der Waals surface area contributed by atoms with Gasteiger partial charge in [-0.3, -0.25) is 14.4 Å². The number of nitrogens with one attached hydrogen (secondary N) is 1. The lowest BCUT2D eigenvalue weighted by atomic mass is 10.1. The second kappa shape index (κ2) is 8.71. The summed E-state index contributed by atoms with van der Waals surface area (Å²) in [6.07, 6.45) is 2.83. The van der Waals surface area contributed by atoms with E-state index in [0.29, 0.717) is 44.2 Å². The van der Waals surface area contributed by atoms with Crippen molar-refractivity contribution in [3.05, 3.63) is 35.6 Å². The van der Waals surface area contributed by atoms with Crippen molar-refractivity contribution >= 4 is 17.7 Å². The average molecular weight is 389 g/mol. The van der Waals surface area contributed by atoms with Gasteiger partial charge in [-0.05, 0) is 37.8 Å². The Morgan fingerprint density at radius 2 is 2.00 bits per heavy atom. The van der Waals surface area contributed by atoms with Crippen LogP contribution >= 0.6 is 0 Å². The second-order valence-electron chi connectivity index (χ2n) is 7.78. The van der Waals surface area contributed by atoms with Crippen molar-refractivity contribution in [2.24, 2.45) is 0 Å². The molecule has 6 nitrogen and oxygen atoms in total. The maximum absolute atomic E-state index is 13.7. The molecule has 3 atom stereocenters. The van der Waals surface area contributed by atoms with Crippen LogP contribution in [0.1, 0.15) is 44.6 Å². The molecule has 1 N–H and O–H groups in total. The van der Waals surface area contributed by atoms with E-state index in [1.54, 1.807) is 35.0 Å². The molecule has 2 heterocycles. The molecule has 0 bridgehead atoms. The third kappa shape index (κ3) is 4.51. The highest BCUT2D eigenvalue weighted by Crippen LogP contribution is 2.22. The molecule has 0 spiro atoms. The number of hydrogen-bond donors (Lipinski definition) is 1. The first kappa shape index (κ1) is 20.3. The fourth-order valence-corrected chi connectivity index (χ4v) is 4.15. The topological polar surface area (TPSA) is 69.7 Å². The number of halogens is 1. The van der Waals surface area contributed by atoms with E-state index in [9.17, 15) is 18.8 Å². The first-order chi connectivity index (χ1) is 13.4. The molecule has 2 saturated heterocycles. The number of nitrogens with zero attached hydrogens (tertiary/aromatic N) is 2. The van der Waals surface area contributed by atoms with Crippen molar-refractivity contribution in [2.45, 2.75) is 63.6 Å². The molecule has 1 unspecified atom stereocenters.